The highest BCUT2D eigenvalue weighted by molar-refractivity contribution is 5.96. The first-order valence-electron chi connectivity index (χ1n) is 11.7. The topological polar surface area (TPSA) is 85.2 Å². The first kappa shape index (κ1) is 24.7. The molecule has 2 N–H and O–H groups in total. The van der Waals surface area contributed by atoms with Crippen molar-refractivity contribution in [3.63, 3.8) is 0 Å². The van der Waals surface area contributed by atoms with E-state index < -0.39 is 17.6 Å². The van der Waals surface area contributed by atoms with Crippen molar-refractivity contribution in [1.29, 1.82) is 5.26 Å². The second kappa shape index (κ2) is 10.5. The molecule has 1 saturated carbocycles. The number of carbonyl (C=O) groups excluding carboxylic acids is 2. The Balaban J connectivity index is 1.37. The number of rotatable bonds is 6. The van der Waals surface area contributed by atoms with E-state index in [4.69, 9.17) is 5.26 Å². The number of alkyl halides is 3. The predicted octanol–water partition coefficient (Wildman–Crippen LogP) is 3.83. The van der Waals surface area contributed by atoms with E-state index >= 15 is 0 Å². The smallest absolute Gasteiger partial charge is 0.343 e. The number of nitriles is 1. The van der Waals surface area contributed by atoms with Crippen LogP contribution in [-0.4, -0.2) is 48.4 Å². The second-order valence-corrected chi connectivity index (χ2v) is 9.12. The van der Waals surface area contributed by atoms with Gasteiger partial charge in [-0.2, -0.15) is 18.4 Å². The molecule has 2 aromatic carbocycles. The molecule has 1 heterocycles. The van der Waals surface area contributed by atoms with Crippen molar-refractivity contribution in [3.8, 4) is 6.07 Å². The quantitative estimate of drug-likeness (QED) is 0.653. The largest absolute Gasteiger partial charge is 0.416 e. The lowest BCUT2D eigenvalue weighted by Gasteiger charge is -2.45. The minimum Gasteiger partial charge on any atom is -0.343 e. The van der Waals surface area contributed by atoms with Gasteiger partial charge in [-0.25, -0.2) is 0 Å². The molecule has 35 heavy (non-hydrogen) atoms. The van der Waals surface area contributed by atoms with Gasteiger partial charge in [-0.15, -0.1) is 0 Å². The van der Waals surface area contributed by atoms with E-state index in [0.717, 1.165) is 43.4 Å². The standard InChI is InChI=1S/C26H27F3N4O2/c27-26(28,29)21-6-2-5-20(12-21)25(35)32-16-24(34)33(23-14-31-15-23)22-9-7-18(8-10-22)19-4-1-3-17(11-19)13-30/h1-6,11-12,18,22-23,31H,7-10,14-16H2,(H,32,35). The van der Waals surface area contributed by atoms with E-state index in [-0.39, 0.29) is 30.1 Å². The van der Waals surface area contributed by atoms with Gasteiger partial charge in [0.25, 0.3) is 5.91 Å². The summed E-state index contributed by atoms with van der Waals surface area (Å²) in [6.07, 6.45) is -1.15. The van der Waals surface area contributed by atoms with Crippen LogP contribution in [0.25, 0.3) is 0 Å². The molecule has 184 valence electrons. The Kier molecular flexibility index (Phi) is 7.41. The molecular formula is C26H27F3N4O2. The fraction of sp³-hybridized carbons (Fsp3) is 0.423. The molecule has 2 fully saturated rings. The molecule has 6 nitrogen and oxygen atoms in total. The van der Waals surface area contributed by atoms with Gasteiger partial charge in [0.1, 0.15) is 0 Å². The molecular weight excluding hydrogens is 457 g/mol. The summed E-state index contributed by atoms with van der Waals surface area (Å²) in [5.41, 5.74) is 0.734. The summed E-state index contributed by atoms with van der Waals surface area (Å²) in [5.74, 6) is -0.611. The Labute approximate surface area is 202 Å². The summed E-state index contributed by atoms with van der Waals surface area (Å²) in [7, 11) is 0. The molecule has 9 heteroatoms. The summed E-state index contributed by atoms with van der Waals surface area (Å²) < 4.78 is 38.9. The number of benzene rings is 2. The van der Waals surface area contributed by atoms with Gasteiger partial charge in [0, 0.05) is 24.7 Å². The van der Waals surface area contributed by atoms with Crippen molar-refractivity contribution >= 4 is 11.8 Å². The van der Waals surface area contributed by atoms with Crippen molar-refractivity contribution in [2.24, 2.45) is 0 Å². The third kappa shape index (κ3) is 5.82. The molecule has 2 aliphatic rings. The number of nitrogens with zero attached hydrogens (tertiary/aromatic N) is 2. The van der Waals surface area contributed by atoms with Crippen LogP contribution in [0.2, 0.25) is 0 Å². The zero-order chi connectivity index (χ0) is 25.0. The zero-order valence-corrected chi connectivity index (χ0v) is 19.1. The van der Waals surface area contributed by atoms with Crippen molar-refractivity contribution in [2.75, 3.05) is 19.6 Å². The van der Waals surface area contributed by atoms with Gasteiger partial charge in [0.15, 0.2) is 0 Å². The lowest BCUT2D eigenvalue weighted by Crippen LogP contribution is -2.63. The van der Waals surface area contributed by atoms with E-state index in [0.29, 0.717) is 24.6 Å². The van der Waals surface area contributed by atoms with Crippen molar-refractivity contribution in [3.05, 3.63) is 70.8 Å². The average molecular weight is 485 g/mol. The molecule has 1 saturated heterocycles. The fourth-order valence-electron chi connectivity index (χ4n) is 4.91. The average Bonchev–Trinajstić information content (AvgIpc) is 2.84. The third-order valence-corrected chi connectivity index (χ3v) is 6.87. The van der Waals surface area contributed by atoms with Crippen molar-refractivity contribution in [2.45, 2.75) is 49.9 Å². The Morgan fingerprint density at radius 2 is 1.74 bits per heavy atom. The maximum Gasteiger partial charge on any atom is 0.416 e. The van der Waals surface area contributed by atoms with Gasteiger partial charge in [-0.05, 0) is 67.5 Å². The molecule has 1 aliphatic carbocycles. The van der Waals surface area contributed by atoms with Crippen molar-refractivity contribution < 1.29 is 22.8 Å². The minimum absolute atomic E-state index is 0.0375. The summed E-state index contributed by atoms with van der Waals surface area (Å²) in [4.78, 5) is 27.4. The fourth-order valence-corrected chi connectivity index (χ4v) is 4.91. The molecule has 0 atom stereocenters. The highest BCUT2D eigenvalue weighted by Crippen LogP contribution is 2.36. The summed E-state index contributed by atoms with van der Waals surface area (Å²) in [5, 5.41) is 14.8. The van der Waals surface area contributed by atoms with Crippen LogP contribution in [0.15, 0.2) is 48.5 Å². The predicted molar refractivity (Wildman–Crippen MR) is 123 cm³/mol. The zero-order valence-electron chi connectivity index (χ0n) is 19.1. The van der Waals surface area contributed by atoms with Crippen molar-refractivity contribution in [1.82, 2.24) is 15.5 Å². The highest BCUT2D eigenvalue weighted by atomic mass is 19.4. The van der Waals surface area contributed by atoms with Gasteiger partial charge in [-0.3, -0.25) is 9.59 Å². The Morgan fingerprint density at radius 1 is 1.03 bits per heavy atom. The molecule has 1 aliphatic heterocycles. The molecule has 2 amide bonds. The number of carbonyl (C=O) groups is 2. The minimum atomic E-state index is -4.55. The SMILES string of the molecule is N#Cc1cccc(C2CCC(N(C(=O)CNC(=O)c3cccc(C(F)(F)F)c3)C3CNC3)CC2)c1. The maximum atomic E-state index is 13.1. The van der Waals surface area contributed by atoms with Gasteiger partial charge >= 0.3 is 6.18 Å². The van der Waals surface area contributed by atoms with Gasteiger partial charge in [0.2, 0.25) is 5.91 Å². The Hall–Kier alpha value is -3.38. The lowest BCUT2D eigenvalue weighted by molar-refractivity contribution is -0.138. The number of halogens is 3. The first-order valence-corrected chi connectivity index (χ1v) is 11.7. The van der Waals surface area contributed by atoms with Crippen LogP contribution < -0.4 is 10.6 Å². The number of nitrogens with one attached hydrogen (secondary N) is 2. The maximum absolute atomic E-state index is 13.1. The monoisotopic (exact) mass is 484 g/mol. The van der Waals surface area contributed by atoms with E-state index in [2.05, 4.69) is 16.7 Å². The first-order chi connectivity index (χ1) is 16.8. The highest BCUT2D eigenvalue weighted by Gasteiger charge is 2.36. The molecule has 0 radical (unpaired) electrons. The van der Waals surface area contributed by atoms with Crippen LogP contribution in [0.4, 0.5) is 13.2 Å². The van der Waals surface area contributed by atoms with Crippen LogP contribution in [0.5, 0.6) is 0 Å². The summed E-state index contributed by atoms with van der Waals surface area (Å²) >= 11 is 0. The van der Waals surface area contributed by atoms with Crippen LogP contribution in [0.3, 0.4) is 0 Å². The van der Waals surface area contributed by atoms with Crippen LogP contribution in [0.1, 0.15) is 58.6 Å². The molecule has 0 unspecified atom stereocenters. The van der Waals surface area contributed by atoms with Gasteiger partial charge in [0.05, 0.1) is 29.8 Å². The van der Waals surface area contributed by atoms with E-state index in [9.17, 15) is 22.8 Å². The Bertz CT molecular complexity index is 1120. The summed E-state index contributed by atoms with van der Waals surface area (Å²) in [6, 6.07) is 14.1. The number of hydrogen-bond donors (Lipinski definition) is 2. The lowest BCUT2D eigenvalue weighted by atomic mass is 9.80. The van der Waals surface area contributed by atoms with E-state index in [1.807, 2.05) is 23.1 Å². The van der Waals surface area contributed by atoms with Gasteiger partial charge in [-0.1, -0.05) is 18.2 Å². The van der Waals surface area contributed by atoms with E-state index in [1.54, 1.807) is 6.07 Å². The normalized spacial score (nSPS) is 20.4. The molecule has 4 rings (SSSR count). The van der Waals surface area contributed by atoms with Gasteiger partial charge < -0.3 is 15.5 Å². The Morgan fingerprint density at radius 3 is 2.37 bits per heavy atom. The second-order valence-electron chi connectivity index (χ2n) is 9.12. The molecule has 0 aromatic heterocycles. The number of amides is 2. The van der Waals surface area contributed by atoms with E-state index in [1.165, 1.54) is 12.1 Å². The van der Waals surface area contributed by atoms with Crippen LogP contribution in [0, 0.1) is 11.3 Å². The summed E-state index contributed by atoms with van der Waals surface area (Å²) in [6.45, 7) is 1.09. The molecule has 2 aromatic rings. The number of hydrogen-bond acceptors (Lipinski definition) is 4. The molecule has 0 spiro atoms. The molecule has 0 bridgehead atoms. The third-order valence-electron chi connectivity index (χ3n) is 6.87. The van der Waals surface area contributed by atoms with Crippen LogP contribution >= 0.6 is 0 Å². The van der Waals surface area contributed by atoms with Crippen LogP contribution in [-0.2, 0) is 11.0 Å².